The van der Waals surface area contributed by atoms with E-state index in [0.29, 0.717) is 6.42 Å². The van der Waals surface area contributed by atoms with Gasteiger partial charge < -0.3 is 14.8 Å². The number of benzene rings is 1. The molecule has 0 fully saturated rings. The van der Waals surface area contributed by atoms with Crippen molar-refractivity contribution in [2.24, 2.45) is 0 Å². The minimum absolute atomic E-state index is 0.289. The molecule has 6 heteroatoms. The van der Waals surface area contributed by atoms with Crippen LogP contribution in [0.25, 0.3) is 10.6 Å². The minimum atomic E-state index is 0.289. The molecule has 0 radical (unpaired) electrons. The average molecular weight is 315 g/mol. The lowest BCUT2D eigenvalue weighted by atomic mass is 10.2. The molecule has 1 N–H and O–H groups in total. The Morgan fingerprint density at radius 1 is 1.27 bits per heavy atom. The quantitative estimate of drug-likeness (QED) is 0.794. The van der Waals surface area contributed by atoms with E-state index in [1.54, 1.807) is 11.3 Å². The summed E-state index contributed by atoms with van der Waals surface area (Å²) in [5, 5.41) is 14.9. The van der Waals surface area contributed by atoms with Crippen LogP contribution >= 0.6 is 11.3 Å². The van der Waals surface area contributed by atoms with Gasteiger partial charge in [0, 0.05) is 23.9 Å². The standard InChI is InChI=1S/C16H17N3O2S/c17-6-2-1-3-7-18-9-13-10-22-16(19-13)12-4-5-14-15(8-12)21-11-20-14/h4-5,8,10,18H,1-3,7,9,11H2. The molecule has 2 heterocycles. The Morgan fingerprint density at radius 2 is 2.18 bits per heavy atom. The van der Waals surface area contributed by atoms with Crippen LogP contribution in [-0.2, 0) is 6.54 Å². The number of rotatable bonds is 7. The fraction of sp³-hybridized carbons (Fsp3) is 0.375. The maximum absolute atomic E-state index is 8.47. The monoisotopic (exact) mass is 315 g/mol. The fourth-order valence-corrected chi connectivity index (χ4v) is 3.04. The molecule has 2 aromatic rings. The molecule has 0 unspecified atom stereocenters. The van der Waals surface area contributed by atoms with Crippen molar-refractivity contribution in [1.82, 2.24) is 10.3 Å². The van der Waals surface area contributed by atoms with E-state index in [0.717, 1.165) is 53.7 Å². The molecule has 0 bridgehead atoms. The van der Waals surface area contributed by atoms with Gasteiger partial charge in [0.05, 0.1) is 11.8 Å². The zero-order valence-electron chi connectivity index (χ0n) is 12.2. The van der Waals surface area contributed by atoms with Crippen molar-refractivity contribution in [3.05, 3.63) is 29.3 Å². The second-order valence-corrected chi connectivity index (χ2v) is 5.86. The van der Waals surface area contributed by atoms with Gasteiger partial charge in [-0.1, -0.05) is 0 Å². The third kappa shape index (κ3) is 3.56. The van der Waals surface area contributed by atoms with E-state index in [-0.39, 0.29) is 6.79 Å². The number of hydrogen-bond donors (Lipinski definition) is 1. The summed E-state index contributed by atoms with van der Waals surface area (Å²) in [6.45, 7) is 1.96. The highest BCUT2D eigenvalue weighted by Crippen LogP contribution is 2.36. The van der Waals surface area contributed by atoms with Gasteiger partial charge >= 0.3 is 0 Å². The van der Waals surface area contributed by atoms with Gasteiger partial charge in [0.15, 0.2) is 11.5 Å². The maximum atomic E-state index is 8.47. The molecule has 1 aromatic carbocycles. The van der Waals surface area contributed by atoms with Crippen molar-refractivity contribution in [3.8, 4) is 28.1 Å². The highest BCUT2D eigenvalue weighted by Gasteiger charge is 2.15. The summed E-state index contributed by atoms with van der Waals surface area (Å²) in [5.74, 6) is 1.57. The van der Waals surface area contributed by atoms with E-state index in [9.17, 15) is 0 Å². The van der Waals surface area contributed by atoms with Crippen molar-refractivity contribution in [2.45, 2.75) is 25.8 Å². The molecular weight excluding hydrogens is 298 g/mol. The van der Waals surface area contributed by atoms with Crippen LogP contribution in [0.4, 0.5) is 0 Å². The summed E-state index contributed by atoms with van der Waals surface area (Å²) in [6.07, 6.45) is 2.60. The van der Waals surface area contributed by atoms with E-state index in [1.165, 1.54) is 0 Å². The second kappa shape index (κ2) is 7.25. The van der Waals surface area contributed by atoms with E-state index in [1.807, 2.05) is 18.2 Å². The van der Waals surface area contributed by atoms with Crippen LogP contribution in [-0.4, -0.2) is 18.3 Å². The summed E-state index contributed by atoms with van der Waals surface area (Å²) in [5.41, 5.74) is 2.09. The largest absolute Gasteiger partial charge is 0.454 e. The normalized spacial score (nSPS) is 12.3. The summed E-state index contributed by atoms with van der Waals surface area (Å²) < 4.78 is 10.7. The smallest absolute Gasteiger partial charge is 0.231 e. The second-order valence-electron chi connectivity index (χ2n) is 5.00. The summed E-state index contributed by atoms with van der Waals surface area (Å²) >= 11 is 1.63. The molecule has 22 heavy (non-hydrogen) atoms. The van der Waals surface area contributed by atoms with Gasteiger partial charge in [0.25, 0.3) is 0 Å². The Balaban J connectivity index is 1.54. The molecule has 0 saturated carbocycles. The Bertz CT molecular complexity index is 678. The number of ether oxygens (including phenoxy) is 2. The number of nitrogens with zero attached hydrogens (tertiary/aromatic N) is 2. The number of nitrogens with one attached hydrogen (secondary N) is 1. The van der Waals surface area contributed by atoms with Crippen LogP contribution in [0.3, 0.4) is 0 Å². The topological polar surface area (TPSA) is 67.2 Å². The molecule has 0 atom stereocenters. The lowest BCUT2D eigenvalue weighted by Gasteiger charge is -2.01. The highest BCUT2D eigenvalue weighted by atomic mass is 32.1. The number of nitriles is 1. The SMILES string of the molecule is N#CCCCCNCc1csc(-c2ccc3c(c2)OCO3)n1. The number of fused-ring (bicyclic) bond motifs is 1. The predicted octanol–water partition coefficient (Wildman–Crippen LogP) is 3.32. The molecule has 1 aliphatic rings. The first-order valence-electron chi connectivity index (χ1n) is 7.29. The van der Waals surface area contributed by atoms with Crippen LogP contribution < -0.4 is 14.8 Å². The highest BCUT2D eigenvalue weighted by molar-refractivity contribution is 7.13. The minimum Gasteiger partial charge on any atom is -0.454 e. The van der Waals surface area contributed by atoms with E-state index in [4.69, 9.17) is 14.7 Å². The molecule has 114 valence electrons. The van der Waals surface area contributed by atoms with E-state index in [2.05, 4.69) is 21.8 Å². The van der Waals surface area contributed by atoms with Gasteiger partial charge in [-0.05, 0) is 37.6 Å². The molecule has 5 nitrogen and oxygen atoms in total. The van der Waals surface area contributed by atoms with Crippen molar-refractivity contribution < 1.29 is 9.47 Å². The van der Waals surface area contributed by atoms with Gasteiger partial charge in [0.2, 0.25) is 6.79 Å². The van der Waals surface area contributed by atoms with E-state index >= 15 is 0 Å². The number of aromatic nitrogens is 1. The van der Waals surface area contributed by atoms with Gasteiger partial charge in [-0.3, -0.25) is 0 Å². The first-order chi connectivity index (χ1) is 10.9. The lowest BCUT2D eigenvalue weighted by molar-refractivity contribution is 0.174. The lowest BCUT2D eigenvalue weighted by Crippen LogP contribution is -2.14. The van der Waals surface area contributed by atoms with Crippen LogP contribution in [0, 0.1) is 11.3 Å². The summed E-state index contributed by atoms with van der Waals surface area (Å²) in [4.78, 5) is 4.65. The maximum Gasteiger partial charge on any atom is 0.231 e. The Labute approximate surface area is 133 Å². The van der Waals surface area contributed by atoms with Gasteiger partial charge in [-0.15, -0.1) is 11.3 Å². The Morgan fingerprint density at radius 3 is 3.09 bits per heavy atom. The fourth-order valence-electron chi connectivity index (χ4n) is 2.22. The van der Waals surface area contributed by atoms with Crippen LogP contribution in [0.5, 0.6) is 11.5 Å². The summed E-state index contributed by atoms with van der Waals surface area (Å²) in [7, 11) is 0. The molecule has 3 rings (SSSR count). The van der Waals surface area contributed by atoms with Crippen LogP contribution in [0.2, 0.25) is 0 Å². The molecule has 0 spiro atoms. The molecule has 0 saturated heterocycles. The Hall–Kier alpha value is -2.10. The zero-order valence-corrected chi connectivity index (χ0v) is 13.0. The summed E-state index contributed by atoms with van der Waals surface area (Å²) in [6, 6.07) is 8.06. The van der Waals surface area contributed by atoms with Crippen molar-refractivity contribution >= 4 is 11.3 Å². The molecule has 1 aliphatic heterocycles. The van der Waals surface area contributed by atoms with Crippen LogP contribution in [0.15, 0.2) is 23.6 Å². The van der Waals surface area contributed by atoms with Gasteiger partial charge in [-0.2, -0.15) is 5.26 Å². The third-order valence-corrected chi connectivity index (χ3v) is 4.31. The number of unbranched alkanes of at least 4 members (excludes halogenated alkanes) is 2. The van der Waals surface area contributed by atoms with Crippen LogP contribution in [0.1, 0.15) is 25.0 Å². The first-order valence-corrected chi connectivity index (χ1v) is 8.17. The van der Waals surface area contributed by atoms with E-state index < -0.39 is 0 Å². The molecule has 1 aromatic heterocycles. The predicted molar refractivity (Wildman–Crippen MR) is 84.8 cm³/mol. The van der Waals surface area contributed by atoms with Gasteiger partial charge in [-0.25, -0.2) is 4.98 Å². The average Bonchev–Trinajstić information content (AvgIpc) is 3.18. The molecule has 0 aliphatic carbocycles. The molecular formula is C16H17N3O2S. The zero-order chi connectivity index (χ0) is 15.2. The molecule has 0 amide bonds. The number of hydrogen-bond acceptors (Lipinski definition) is 6. The Kier molecular flexibility index (Phi) is 4.88. The number of thiazole rings is 1. The van der Waals surface area contributed by atoms with Crippen molar-refractivity contribution in [3.63, 3.8) is 0 Å². The van der Waals surface area contributed by atoms with Gasteiger partial charge in [0.1, 0.15) is 5.01 Å². The van der Waals surface area contributed by atoms with Crippen molar-refractivity contribution in [1.29, 1.82) is 5.26 Å². The van der Waals surface area contributed by atoms with Crippen molar-refractivity contribution in [2.75, 3.05) is 13.3 Å². The third-order valence-electron chi connectivity index (χ3n) is 3.37. The first kappa shape index (κ1) is 14.8.